The van der Waals surface area contributed by atoms with Gasteiger partial charge in [-0.15, -0.1) is 0 Å². The molecule has 1 aromatic carbocycles. The van der Waals surface area contributed by atoms with Crippen molar-refractivity contribution >= 4 is 27.3 Å². The van der Waals surface area contributed by atoms with Gasteiger partial charge in [0.25, 0.3) is 0 Å². The van der Waals surface area contributed by atoms with Crippen LogP contribution in [0.3, 0.4) is 0 Å². The maximum absolute atomic E-state index is 5.69. The Labute approximate surface area is 119 Å². The molecule has 0 bridgehead atoms. The SMILES string of the molecule is COc1ccc(C(NN)c2cscc2Br)cc1C. The monoisotopic (exact) mass is 326 g/mol. The standard InChI is InChI=1S/C13H15BrN2OS/c1-8-5-9(3-4-12(8)17-2)13(16-15)10-6-18-7-11(10)14/h3-7,13,16H,15H2,1-2H3. The van der Waals surface area contributed by atoms with Gasteiger partial charge in [0.15, 0.2) is 0 Å². The molecule has 3 nitrogen and oxygen atoms in total. The van der Waals surface area contributed by atoms with E-state index in [9.17, 15) is 0 Å². The lowest BCUT2D eigenvalue weighted by Gasteiger charge is -2.17. The summed E-state index contributed by atoms with van der Waals surface area (Å²) in [6, 6.07) is 6.07. The van der Waals surface area contributed by atoms with Crippen molar-refractivity contribution in [2.45, 2.75) is 13.0 Å². The van der Waals surface area contributed by atoms with Gasteiger partial charge in [0, 0.05) is 9.85 Å². The summed E-state index contributed by atoms with van der Waals surface area (Å²) in [5.41, 5.74) is 6.23. The van der Waals surface area contributed by atoms with Crippen LogP contribution >= 0.6 is 27.3 Å². The van der Waals surface area contributed by atoms with Gasteiger partial charge in [-0.25, -0.2) is 5.43 Å². The number of benzene rings is 1. The maximum Gasteiger partial charge on any atom is 0.121 e. The van der Waals surface area contributed by atoms with Crippen molar-refractivity contribution in [3.8, 4) is 5.75 Å². The number of aryl methyl sites for hydroxylation is 1. The predicted molar refractivity (Wildman–Crippen MR) is 78.9 cm³/mol. The molecule has 0 spiro atoms. The molecule has 3 N–H and O–H groups in total. The fourth-order valence-corrected chi connectivity index (χ4v) is 3.50. The number of hydrogen-bond donors (Lipinski definition) is 2. The molecule has 1 atom stereocenters. The van der Waals surface area contributed by atoms with Gasteiger partial charge in [-0.3, -0.25) is 5.84 Å². The summed E-state index contributed by atoms with van der Waals surface area (Å²) in [5, 5.41) is 4.14. The Kier molecular flexibility index (Phi) is 4.40. The number of hydrogen-bond acceptors (Lipinski definition) is 4. The molecule has 0 aliphatic heterocycles. The van der Waals surface area contributed by atoms with E-state index in [-0.39, 0.29) is 6.04 Å². The van der Waals surface area contributed by atoms with E-state index in [2.05, 4.69) is 38.2 Å². The second-order valence-electron chi connectivity index (χ2n) is 4.00. The number of thiophene rings is 1. The van der Waals surface area contributed by atoms with Gasteiger partial charge >= 0.3 is 0 Å². The molecule has 96 valence electrons. The van der Waals surface area contributed by atoms with Gasteiger partial charge in [-0.2, -0.15) is 11.3 Å². The molecular formula is C13H15BrN2OS. The second-order valence-corrected chi connectivity index (χ2v) is 5.60. The lowest BCUT2D eigenvalue weighted by Crippen LogP contribution is -2.28. The van der Waals surface area contributed by atoms with Crippen molar-refractivity contribution in [3.05, 3.63) is 50.1 Å². The highest BCUT2D eigenvalue weighted by Crippen LogP contribution is 2.32. The fourth-order valence-electron chi connectivity index (χ4n) is 1.94. The van der Waals surface area contributed by atoms with Crippen LogP contribution in [-0.2, 0) is 0 Å². The zero-order valence-electron chi connectivity index (χ0n) is 10.2. The Hall–Kier alpha value is -0.880. The first-order valence-corrected chi connectivity index (χ1v) is 7.23. The molecule has 0 aliphatic rings. The Balaban J connectivity index is 2.40. The minimum Gasteiger partial charge on any atom is -0.496 e. The van der Waals surface area contributed by atoms with Crippen molar-refractivity contribution in [1.82, 2.24) is 5.43 Å². The highest BCUT2D eigenvalue weighted by molar-refractivity contribution is 9.10. The maximum atomic E-state index is 5.69. The minimum absolute atomic E-state index is 0.0183. The minimum atomic E-state index is -0.0183. The molecule has 0 saturated heterocycles. The lowest BCUT2D eigenvalue weighted by molar-refractivity contribution is 0.411. The molecule has 2 aromatic rings. The summed E-state index contributed by atoms with van der Waals surface area (Å²) in [6.45, 7) is 2.03. The smallest absolute Gasteiger partial charge is 0.121 e. The van der Waals surface area contributed by atoms with E-state index >= 15 is 0 Å². The van der Waals surface area contributed by atoms with Crippen molar-refractivity contribution in [1.29, 1.82) is 0 Å². The number of methoxy groups -OCH3 is 1. The summed E-state index contributed by atoms with van der Waals surface area (Å²) in [5.74, 6) is 6.58. The highest BCUT2D eigenvalue weighted by Gasteiger charge is 2.16. The number of nitrogens with two attached hydrogens (primary N) is 1. The molecule has 0 saturated carbocycles. The topological polar surface area (TPSA) is 47.3 Å². The normalized spacial score (nSPS) is 12.4. The van der Waals surface area contributed by atoms with Crippen LogP contribution in [-0.4, -0.2) is 7.11 Å². The van der Waals surface area contributed by atoms with E-state index in [4.69, 9.17) is 10.6 Å². The van der Waals surface area contributed by atoms with Crippen LogP contribution in [0.2, 0.25) is 0 Å². The first-order valence-electron chi connectivity index (χ1n) is 5.49. The summed E-state index contributed by atoms with van der Waals surface area (Å²) < 4.78 is 6.34. The summed E-state index contributed by atoms with van der Waals surface area (Å²) in [7, 11) is 1.68. The third-order valence-corrected chi connectivity index (χ3v) is 4.62. The van der Waals surface area contributed by atoms with E-state index in [1.54, 1.807) is 18.4 Å². The Morgan fingerprint density at radius 3 is 2.67 bits per heavy atom. The first-order chi connectivity index (χ1) is 8.67. The van der Waals surface area contributed by atoms with E-state index < -0.39 is 0 Å². The second kappa shape index (κ2) is 5.84. The number of halogens is 1. The summed E-state index contributed by atoms with van der Waals surface area (Å²) >= 11 is 5.19. The molecule has 2 rings (SSSR count). The van der Waals surface area contributed by atoms with Gasteiger partial charge < -0.3 is 4.74 Å². The van der Waals surface area contributed by atoms with Gasteiger partial charge in [0.05, 0.1) is 13.2 Å². The van der Waals surface area contributed by atoms with Gasteiger partial charge in [-0.05, 0) is 51.0 Å². The third-order valence-electron chi connectivity index (χ3n) is 2.87. The first kappa shape index (κ1) is 13.5. The van der Waals surface area contributed by atoms with Gasteiger partial charge in [0.1, 0.15) is 5.75 Å². The summed E-state index contributed by atoms with van der Waals surface area (Å²) in [4.78, 5) is 0. The van der Waals surface area contributed by atoms with Crippen LogP contribution in [0.1, 0.15) is 22.7 Å². The predicted octanol–water partition coefficient (Wildman–Crippen LogP) is 3.38. The molecule has 0 aliphatic carbocycles. The number of nitrogens with one attached hydrogen (secondary N) is 1. The van der Waals surface area contributed by atoms with Crippen LogP contribution < -0.4 is 16.0 Å². The van der Waals surface area contributed by atoms with E-state index in [1.807, 2.05) is 19.1 Å². The van der Waals surface area contributed by atoms with Crippen molar-refractivity contribution in [2.75, 3.05) is 7.11 Å². The van der Waals surface area contributed by atoms with Crippen LogP contribution in [0.5, 0.6) is 5.75 Å². The molecule has 1 aromatic heterocycles. The molecule has 18 heavy (non-hydrogen) atoms. The van der Waals surface area contributed by atoms with Crippen LogP contribution in [0.15, 0.2) is 33.4 Å². The van der Waals surface area contributed by atoms with E-state index in [0.717, 1.165) is 26.9 Å². The summed E-state index contributed by atoms with van der Waals surface area (Å²) in [6.07, 6.45) is 0. The van der Waals surface area contributed by atoms with Crippen molar-refractivity contribution in [3.63, 3.8) is 0 Å². The number of rotatable bonds is 4. The van der Waals surface area contributed by atoms with Gasteiger partial charge in [0.2, 0.25) is 0 Å². The van der Waals surface area contributed by atoms with Crippen LogP contribution in [0, 0.1) is 6.92 Å². The molecule has 5 heteroatoms. The van der Waals surface area contributed by atoms with Crippen molar-refractivity contribution < 1.29 is 4.74 Å². The van der Waals surface area contributed by atoms with Crippen LogP contribution in [0.25, 0.3) is 0 Å². The highest BCUT2D eigenvalue weighted by atomic mass is 79.9. The largest absolute Gasteiger partial charge is 0.496 e. The molecule has 0 radical (unpaired) electrons. The zero-order chi connectivity index (χ0) is 13.1. The molecule has 0 fully saturated rings. The molecule has 1 heterocycles. The fraction of sp³-hybridized carbons (Fsp3) is 0.231. The average Bonchev–Trinajstić information content (AvgIpc) is 2.77. The molecule has 0 amide bonds. The van der Waals surface area contributed by atoms with Crippen LogP contribution in [0.4, 0.5) is 0 Å². The Morgan fingerprint density at radius 2 is 2.17 bits per heavy atom. The van der Waals surface area contributed by atoms with E-state index in [1.165, 1.54) is 0 Å². The molecule has 1 unspecified atom stereocenters. The quantitative estimate of drug-likeness (QED) is 0.668. The number of ether oxygens (including phenoxy) is 1. The number of hydrazine groups is 1. The lowest BCUT2D eigenvalue weighted by atomic mass is 10.00. The van der Waals surface area contributed by atoms with Gasteiger partial charge in [-0.1, -0.05) is 12.1 Å². The average molecular weight is 327 g/mol. The third kappa shape index (κ3) is 2.59. The Morgan fingerprint density at radius 1 is 1.39 bits per heavy atom. The Bertz CT molecular complexity index is 542. The van der Waals surface area contributed by atoms with Crippen molar-refractivity contribution in [2.24, 2.45) is 5.84 Å². The zero-order valence-corrected chi connectivity index (χ0v) is 12.6. The van der Waals surface area contributed by atoms with E-state index in [0.29, 0.717) is 0 Å². The molecular weight excluding hydrogens is 312 g/mol.